The molecule has 1 saturated carbocycles. The molecule has 156 valence electrons. The average molecular weight is 406 g/mol. The number of nitrogens with zero attached hydrogens (tertiary/aromatic N) is 4. The predicted octanol–water partition coefficient (Wildman–Crippen LogP) is 4.00. The zero-order valence-corrected chi connectivity index (χ0v) is 17.3. The second-order valence-corrected chi connectivity index (χ2v) is 8.29. The van der Waals surface area contributed by atoms with E-state index in [0.717, 1.165) is 59.2 Å². The molecule has 1 unspecified atom stereocenters. The van der Waals surface area contributed by atoms with E-state index < -0.39 is 0 Å². The summed E-state index contributed by atoms with van der Waals surface area (Å²) in [4.78, 5) is 6.47. The molecule has 1 fully saturated rings. The lowest BCUT2D eigenvalue weighted by molar-refractivity contribution is 0.126. The SMILES string of the molecule is Cc1cc(C2OC=CN2c2cc3cn(C)nc3cc2NC2CCC(O)CC2)ccn1. The van der Waals surface area contributed by atoms with Gasteiger partial charge in [0.2, 0.25) is 6.23 Å². The molecular weight excluding hydrogens is 378 g/mol. The van der Waals surface area contributed by atoms with Crippen molar-refractivity contribution in [1.29, 1.82) is 0 Å². The van der Waals surface area contributed by atoms with E-state index in [1.165, 1.54) is 0 Å². The molecule has 0 spiro atoms. The maximum atomic E-state index is 9.87. The van der Waals surface area contributed by atoms with E-state index in [-0.39, 0.29) is 12.3 Å². The fourth-order valence-corrected chi connectivity index (χ4v) is 4.44. The molecule has 0 saturated heterocycles. The third-order valence-corrected chi connectivity index (χ3v) is 5.96. The van der Waals surface area contributed by atoms with E-state index in [1.54, 1.807) is 6.26 Å². The number of benzene rings is 1. The molecule has 1 aromatic carbocycles. The maximum absolute atomic E-state index is 9.87. The van der Waals surface area contributed by atoms with Gasteiger partial charge >= 0.3 is 0 Å². The molecule has 1 aliphatic carbocycles. The van der Waals surface area contributed by atoms with Crippen LogP contribution in [0.5, 0.6) is 0 Å². The third kappa shape index (κ3) is 3.61. The van der Waals surface area contributed by atoms with Crippen molar-refractivity contribution in [1.82, 2.24) is 14.8 Å². The van der Waals surface area contributed by atoms with Crippen LogP contribution in [0.2, 0.25) is 0 Å². The Kier molecular flexibility index (Phi) is 4.83. The summed E-state index contributed by atoms with van der Waals surface area (Å²) in [5.41, 5.74) is 5.07. The molecular formula is C23H27N5O2. The monoisotopic (exact) mass is 405 g/mol. The molecule has 2 aliphatic rings. The molecule has 7 heteroatoms. The summed E-state index contributed by atoms with van der Waals surface area (Å²) in [7, 11) is 1.94. The summed E-state index contributed by atoms with van der Waals surface area (Å²) < 4.78 is 7.82. The number of rotatable bonds is 4. The van der Waals surface area contributed by atoms with Gasteiger partial charge in [0.25, 0.3) is 0 Å². The number of hydrogen-bond donors (Lipinski definition) is 2. The molecule has 2 N–H and O–H groups in total. The van der Waals surface area contributed by atoms with E-state index in [2.05, 4.69) is 38.5 Å². The zero-order chi connectivity index (χ0) is 20.7. The highest BCUT2D eigenvalue weighted by molar-refractivity contribution is 5.90. The summed E-state index contributed by atoms with van der Waals surface area (Å²) >= 11 is 0. The van der Waals surface area contributed by atoms with Crippen LogP contribution in [0.3, 0.4) is 0 Å². The minimum absolute atomic E-state index is 0.171. The number of aromatic nitrogens is 3. The highest BCUT2D eigenvalue weighted by Gasteiger charge is 2.28. The number of fused-ring (bicyclic) bond motifs is 1. The van der Waals surface area contributed by atoms with Gasteiger partial charge in [0.15, 0.2) is 0 Å². The highest BCUT2D eigenvalue weighted by atomic mass is 16.5. The number of aryl methyl sites for hydroxylation is 2. The van der Waals surface area contributed by atoms with Crippen LogP contribution in [-0.2, 0) is 11.8 Å². The van der Waals surface area contributed by atoms with Crippen LogP contribution in [-0.4, -0.2) is 32.0 Å². The first kappa shape index (κ1) is 18.9. The average Bonchev–Trinajstić information content (AvgIpc) is 3.34. The first-order valence-electron chi connectivity index (χ1n) is 10.5. The van der Waals surface area contributed by atoms with Crippen molar-refractivity contribution in [3.63, 3.8) is 0 Å². The minimum atomic E-state index is -0.241. The van der Waals surface area contributed by atoms with Gasteiger partial charge in [-0.15, -0.1) is 0 Å². The summed E-state index contributed by atoms with van der Waals surface area (Å²) in [5, 5.41) is 19.3. The quantitative estimate of drug-likeness (QED) is 0.683. The predicted molar refractivity (Wildman–Crippen MR) is 117 cm³/mol. The lowest BCUT2D eigenvalue weighted by Gasteiger charge is -2.31. The number of ether oxygens (including phenoxy) is 1. The summed E-state index contributed by atoms with van der Waals surface area (Å²) in [6.07, 6.45) is 10.8. The Morgan fingerprint density at radius 3 is 2.80 bits per heavy atom. The number of pyridine rings is 1. The van der Waals surface area contributed by atoms with Crippen molar-refractivity contribution >= 4 is 22.3 Å². The first-order valence-corrected chi connectivity index (χ1v) is 10.5. The topological polar surface area (TPSA) is 75.4 Å². The lowest BCUT2D eigenvalue weighted by atomic mass is 9.93. The number of aliphatic hydroxyl groups is 1. The van der Waals surface area contributed by atoms with Crippen molar-refractivity contribution in [2.45, 2.75) is 51.0 Å². The van der Waals surface area contributed by atoms with Gasteiger partial charge in [-0.2, -0.15) is 5.10 Å². The van der Waals surface area contributed by atoms with Gasteiger partial charge in [-0.3, -0.25) is 9.67 Å². The van der Waals surface area contributed by atoms with Crippen molar-refractivity contribution in [2.75, 3.05) is 10.2 Å². The van der Waals surface area contributed by atoms with Gasteiger partial charge in [0, 0.05) is 48.3 Å². The van der Waals surface area contributed by atoms with E-state index in [9.17, 15) is 5.11 Å². The Morgan fingerprint density at radius 2 is 2.00 bits per heavy atom. The van der Waals surface area contributed by atoms with Gasteiger partial charge in [-0.1, -0.05) is 0 Å². The number of aliphatic hydroxyl groups excluding tert-OH is 1. The third-order valence-electron chi connectivity index (χ3n) is 5.96. The van der Waals surface area contributed by atoms with Crippen LogP contribution in [0.15, 0.2) is 49.1 Å². The Bertz CT molecular complexity index is 1080. The Balaban J connectivity index is 1.53. The molecule has 1 aliphatic heterocycles. The normalized spacial score (nSPS) is 23.7. The molecule has 3 heterocycles. The molecule has 30 heavy (non-hydrogen) atoms. The van der Waals surface area contributed by atoms with Gasteiger partial charge in [-0.05, 0) is 56.9 Å². The van der Waals surface area contributed by atoms with Gasteiger partial charge in [0.05, 0.1) is 23.0 Å². The minimum Gasteiger partial charge on any atom is -0.472 e. The second-order valence-electron chi connectivity index (χ2n) is 8.29. The van der Waals surface area contributed by atoms with Gasteiger partial charge in [-0.25, -0.2) is 0 Å². The van der Waals surface area contributed by atoms with Crippen molar-refractivity contribution in [2.24, 2.45) is 7.05 Å². The first-order chi connectivity index (χ1) is 14.6. The summed E-state index contributed by atoms with van der Waals surface area (Å²) in [5.74, 6) is 0. The van der Waals surface area contributed by atoms with Crippen LogP contribution in [0, 0.1) is 6.92 Å². The second kappa shape index (κ2) is 7.65. The summed E-state index contributed by atoms with van der Waals surface area (Å²) in [6, 6.07) is 8.68. The Morgan fingerprint density at radius 1 is 1.17 bits per heavy atom. The molecule has 0 radical (unpaired) electrons. The van der Waals surface area contributed by atoms with Crippen molar-refractivity contribution < 1.29 is 9.84 Å². The number of nitrogens with one attached hydrogen (secondary N) is 1. The maximum Gasteiger partial charge on any atom is 0.202 e. The Hall–Kier alpha value is -3.06. The lowest BCUT2D eigenvalue weighted by Crippen LogP contribution is -2.29. The Labute approximate surface area is 176 Å². The van der Waals surface area contributed by atoms with Crippen LogP contribution < -0.4 is 10.2 Å². The fraction of sp³-hybridized carbons (Fsp3) is 0.391. The largest absolute Gasteiger partial charge is 0.472 e. The van der Waals surface area contributed by atoms with Crippen molar-refractivity contribution in [3.05, 3.63) is 60.4 Å². The zero-order valence-electron chi connectivity index (χ0n) is 17.3. The molecule has 3 aromatic rings. The molecule has 5 rings (SSSR count). The van der Waals surface area contributed by atoms with E-state index in [4.69, 9.17) is 4.74 Å². The fourth-order valence-electron chi connectivity index (χ4n) is 4.44. The number of anilines is 2. The van der Waals surface area contributed by atoms with Crippen LogP contribution in [0.25, 0.3) is 10.9 Å². The van der Waals surface area contributed by atoms with E-state index >= 15 is 0 Å². The molecule has 0 bridgehead atoms. The van der Waals surface area contributed by atoms with Crippen molar-refractivity contribution in [3.8, 4) is 0 Å². The standard InChI is InChI=1S/C23H27N5O2/c1-15-11-16(7-8-24-15)23-28(9-10-30-23)22-12-17-14-27(2)26-20(17)13-21(22)25-18-3-5-19(29)6-4-18/h7-14,18-19,23,25,29H,3-6H2,1-2H3. The molecule has 2 aromatic heterocycles. The van der Waals surface area contributed by atoms with E-state index in [0.29, 0.717) is 6.04 Å². The van der Waals surface area contributed by atoms with Gasteiger partial charge < -0.3 is 20.1 Å². The van der Waals surface area contributed by atoms with Crippen LogP contribution in [0.1, 0.15) is 43.2 Å². The smallest absolute Gasteiger partial charge is 0.202 e. The molecule has 7 nitrogen and oxygen atoms in total. The highest BCUT2D eigenvalue weighted by Crippen LogP contribution is 2.40. The molecule has 1 atom stereocenters. The van der Waals surface area contributed by atoms with Crippen LogP contribution in [0.4, 0.5) is 11.4 Å². The number of hydrogen-bond acceptors (Lipinski definition) is 6. The van der Waals surface area contributed by atoms with Gasteiger partial charge in [0.1, 0.15) is 6.26 Å². The van der Waals surface area contributed by atoms with E-state index in [1.807, 2.05) is 43.3 Å². The molecule has 0 amide bonds. The van der Waals surface area contributed by atoms with Crippen LogP contribution >= 0.6 is 0 Å². The summed E-state index contributed by atoms with van der Waals surface area (Å²) in [6.45, 7) is 1.99.